The van der Waals surface area contributed by atoms with Crippen molar-refractivity contribution in [1.29, 1.82) is 0 Å². The van der Waals surface area contributed by atoms with E-state index in [1.807, 2.05) is 54.6 Å². The molecule has 3 heteroatoms. The number of fused-ring (bicyclic) bond motifs is 3. The fourth-order valence-electron chi connectivity index (χ4n) is 5.40. The van der Waals surface area contributed by atoms with Crippen LogP contribution in [0.4, 0.5) is 8.78 Å². The lowest BCUT2D eigenvalue weighted by molar-refractivity contribution is -0.123. The number of rotatable bonds is 5. The van der Waals surface area contributed by atoms with Gasteiger partial charge in [0, 0.05) is 18.5 Å². The summed E-state index contributed by atoms with van der Waals surface area (Å²) in [5.41, 5.74) is 1.56. The number of benzene rings is 2. The molecule has 0 bridgehead atoms. The topological polar surface area (TPSA) is 3.24 Å². The van der Waals surface area contributed by atoms with E-state index in [4.69, 9.17) is 0 Å². The molecule has 3 atom stereocenters. The summed E-state index contributed by atoms with van der Waals surface area (Å²) >= 11 is 0. The van der Waals surface area contributed by atoms with Gasteiger partial charge in [0.05, 0.1) is 0 Å². The van der Waals surface area contributed by atoms with Crippen LogP contribution in [-0.4, -0.2) is 17.4 Å². The van der Waals surface area contributed by atoms with Crippen molar-refractivity contribution in [3.05, 3.63) is 83.9 Å². The SMILES string of the molecule is C=CC[C@]12c3ccccc3[C@H](C(C)C)N1C[C@@H](Cc1ccccc1)C2(F)F. The first-order valence-electron chi connectivity index (χ1n) is 9.82. The molecular formula is C24H27F2N. The molecule has 0 amide bonds. The summed E-state index contributed by atoms with van der Waals surface area (Å²) in [4.78, 5) is 2.09. The molecule has 2 aromatic carbocycles. The predicted molar refractivity (Wildman–Crippen MR) is 106 cm³/mol. The number of hydrogen-bond donors (Lipinski definition) is 0. The summed E-state index contributed by atoms with van der Waals surface area (Å²) in [6.45, 7) is 8.51. The summed E-state index contributed by atoms with van der Waals surface area (Å²) in [5, 5.41) is 0. The van der Waals surface area contributed by atoms with Crippen molar-refractivity contribution in [2.45, 2.75) is 44.2 Å². The number of nitrogens with zero attached hydrogens (tertiary/aromatic N) is 1. The lowest BCUT2D eigenvalue weighted by atomic mass is 9.77. The third-order valence-corrected chi connectivity index (χ3v) is 6.43. The Bertz CT molecular complexity index is 829. The summed E-state index contributed by atoms with van der Waals surface area (Å²) in [7, 11) is 0. The van der Waals surface area contributed by atoms with Crippen molar-refractivity contribution >= 4 is 0 Å². The van der Waals surface area contributed by atoms with Gasteiger partial charge in [0.2, 0.25) is 0 Å². The van der Waals surface area contributed by atoms with Crippen LogP contribution in [0.5, 0.6) is 0 Å². The molecule has 0 aromatic heterocycles. The Labute approximate surface area is 160 Å². The molecule has 2 heterocycles. The summed E-state index contributed by atoms with van der Waals surface area (Å²) < 4.78 is 32.2. The number of halogens is 2. The first kappa shape index (κ1) is 18.4. The van der Waals surface area contributed by atoms with Crippen molar-refractivity contribution in [3.63, 3.8) is 0 Å². The minimum Gasteiger partial charge on any atom is -0.280 e. The highest BCUT2D eigenvalue weighted by atomic mass is 19.3. The van der Waals surface area contributed by atoms with Crippen LogP contribution in [0, 0.1) is 11.8 Å². The van der Waals surface area contributed by atoms with Gasteiger partial charge in [0.15, 0.2) is 0 Å². The van der Waals surface area contributed by atoms with E-state index in [2.05, 4.69) is 25.3 Å². The van der Waals surface area contributed by atoms with E-state index in [0.29, 0.717) is 13.0 Å². The fourth-order valence-corrected chi connectivity index (χ4v) is 5.40. The van der Waals surface area contributed by atoms with E-state index in [1.54, 1.807) is 6.08 Å². The van der Waals surface area contributed by atoms with Crippen LogP contribution in [0.3, 0.4) is 0 Å². The second-order valence-corrected chi connectivity index (χ2v) is 8.29. The Morgan fingerprint density at radius 1 is 1.11 bits per heavy atom. The van der Waals surface area contributed by atoms with Gasteiger partial charge in [0.25, 0.3) is 5.92 Å². The third kappa shape index (κ3) is 2.51. The number of hydrogen-bond acceptors (Lipinski definition) is 1. The Morgan fingerprint density at radius 2 is 1.78 bits per heavy atom. The van der Waals surface area contributed by atoms with Gasteiger partial charge in [-0.1, -0.05) is 74.5 Å². The largest absolute Gasteiger partial charge is 0.280 e. The average molecular weight is 367 g/mol. The van der Waals surface area contributed by atoms with Crippen molar-refractivity contribution in [2.24, 2.45) is 11.8 Å². The Hall–Kier alpha value is -2.00. The van der Waals surface area contributed by atoms with E-state index in [9.17, 15) is 0 Å². The highest BCUT2D eigenvalue weighted by molar-refractivity contribution is 5.46. The second-order valence-electron chi connectivity index (χ2n) is 8.29. The van der Waals surface area contributed by atoms with Crippen molar-refractivity contribution in [2.75, 3.05) is 6.54 Å². The summed E-state index contributed by atoms with van der Waals surface area (Å²) in [6.07, 6.45) is 2.34. The van der Waals surface area contributed by atoms with E-state index in [-0.39, 0.29) is 18.4 Å². The Morgan fingerprint density at radius 3 is 2.44 bits per heavy atom. The minimum absolute atomic E-state index is 0.0211. The van der Waals surface area contributed by atoms with Crippen LogP contribution in [0.1, 0.15) is 43.0 Å². The first-order valence-corrected chi connectivity index (χ1v) is 9.82. The van der Waals surface area contributed by atoms with Crippen LogP contribution in [0.25, 0.3) is 0 Å². The van der Waals surface area contributed by atoms with Crippen LogP contribution in [0.15, 0.2) is 67.3 Å². The van der Waals surface area contributed by atoms with Crippen molar-refractivity contribution in [3.8, 4) is 0 Å². The maximum Gasteiger partial charge on any atom is 0.274 e. The summed E-state index contributed by atoms with van der Waals surface area (Å²) in [5.74, 6) is -3.25. The molecule has 142 valence electrons. The molecule has 1 fully saturated rings. The van der Waals surface area contributed by atoms with Gasteiger partial charge in [0.1, 0.15) is 5.54 Å². The van der Waals surface area contributed by atoms with Crippen molar-refractivity contribution < 1.29 is 8.78 Å². The predicted octanol–water partition coefficient (Wildman–Crippen LogP) is 5.98. The molecule has 1 saturated heterocycles. The monoisotopic (exact) mass is 367 g/mol. The lowest BCUT2D eigenvalue weighted by Gasteiger charge is -2.40. The van der Waals surface area contributed by atoms with Gasteiger partial charge >= 0.3 is 0 Å². The van der Waals surface area contributed by atoms with Gasteiger partial charge in [-0.25, -0.2) is 8.78 Å². The molecule has 0 radical (unpaired) electrons. The first-order chi connectivity index (χ1) is 12.9. The molecule has 0 unspecified atom stereocenters. The normalized spacial score (nSPS) is 28.9. The average Bonchev–Trinajstić information content (AvgIpc) is 3.04. The third-order valence-electron chi connectivity index (χ3n) is 6.43. The zero-order valence-electron chi connectivity index (χ0n) is 16.0. The fraction of sp³-hybridized carbons (Fsp3) is 0.417. The van der Waals surface area contributed by atoms with Crippen LogP contribution in [0.2, 0.25) is 0 Å². The second kappa shape index (κ2) is 6.56. The lowest BCUT2D eigenvalue weighted by Crippen LogP contribution is -2.49. The van der Waals surface area contributed by atoms with Gasteiger partial charge in [-0.05, 0) is 35.4 Å². The highest BCUT2D eigenvalue weighted by Crippen LogP contribution is 2.64. The molecule has 1 nitrogen and oxygen atoms in total. The van der Waals surface area contributed by atoms with Gasteiger partial charge < -0.3 is 0 Å². The molecule has 4 rings (SSSR count). The van der Waals surface area contributed by atoms with Gasteiger partial charge in [-0.15, -0.1) is 6.58 Å². The van der Waals surface area contributed by atoms with E-state index in [1.165, 1.54) is 0 Å². The van der Waals surface area contributed by atoms with Crippen LogP contribution >= 0.6 is 0 Å². The molecule has 0 spiro atoms. The van der Waals surface area contributed by atoms with Crippen molar-refractivity contribution in [1.82, 2.24) is 4.90 Å². The molecule has 2 aromatic rings. The zero-order chi connectivity index (χ0) is 19.2. The molecule has 0 saturated carbocycles. The standard InChI is InChI=1S/C24H27F2N/c1-4-14-23-21-13-9-8-12-20(21)22(17(2)3)27(23)16-19(24(23,25)26)15-18-10-6-5-7-11-18/h4-13,17,19,22H,1,14-16H2,2-3H3/t19-,22+,23-/m1/s1. The van der Waals surface area contributed by atoms with Gasteiger partial charge in [-0.2, -0.15) is 0 Å². The Balaban J connectivity index is 1.84. The molecule has 2 aliphatic rings. The molecule has 2 aliphatic heterocycles. The molecular weight excluding hydrogens is 340 g/mol. The van der Waals surface area contributed by atoms with Crippen LogP contribution in [-0.2, 0) is 12.0 Å². The molecule has 27 heavy (non-hydrogen) atoms. The molecule has 0 N–H and O–H groups in total. The van der Waals surface area contributed by atoms with Gasteiger partial charge in [-0.3, -0.25) is 4.90 Å². The van der Waals surface area contributed by atoms with E-state index in [0.717, 1.165) is 16.7 Å². The smallest absolute Gasteiger partial charge is 0.274 e. The quantitative estimate of drug-likeness (QED) is 0.588. The van der Waals surface area contributed by atoms with E-state index < -0.39 is 17.4 Å². The number of alkyl halides is 2. The van der Waals surface area contributed by atoms with Crippen LogP contribution < -0.4 is 0 Å². The minimum atomic E-state index is -2.82. The highest BCUT2D eigenvalue weighted by Gasteiger charge is 2.71. The maximum absolute atomic E-state index is 16.1. The zero-order valence-corrected chi connectivity index (χ0v) is 16.0. The van der Waals surface area contributed by atoms with E-state index >= 15 is 8.78 Å². The Kier molecular flexibility index (Phi) is 4.46. The molecule has 0 aliphatic carbocycles. The summed E-state index contributed by atoms with van der Waals surface area (Å²) in [6, 6.07) is 17.5. The maximum atomic E-state index is 16.1.